The van der Waals surface area contributed by atoms with Crippen LogP contribution in [-0.2, 0) is 91.2 Å². The zero-order chi connectivity index (χ0) is 59.6. The van der Waals surface area contributed by atoms with Crippen LogP contribution in [0.25, 0.3) is 0 Å². The van der Waals surface area contributed by atoms with Crippen LogP contribution >= 0.6 is 0 Å². The molecule has 2 aliphatic rings. The molecule has 2 N–H and O–H groups in total. The Morgan fingerprint density at radius 2 is 0.654 bits per heavy atom. The van der Waals surface area contributed by atoms with E-state index in [1.807, 2.05) is 0 Å². The molecule has 0 saturated heterocycles. The molecule has 0 spiro atoms. The molecular weight excluding hydrogens is 1070 g/mol. The van der Waals surface area contributed by atoms with Gasteiger partial charge in [0.25, 0.3) is 0 Å². The lowest BCUT2D eigenvalue weighted by molar-refractivity contribution is -0.120. The normalized spacial score (nSPS) is 15.4. The number of rotatable bonds is 14. The number of unbranched alkanes of at least 4 members (excludes halogenated alkanes) is 2. The largest absolute Gasteiger partial charge is 0.493 e. The first kappa shape index (κ1) is 65.0. The Morgan fingerprint density at radius 3 is 0.926 bits per heavy atom. The van der Waals surface area contributed by atoms with Crippen LogP contribution in [-0.4, -0.2) is 107 Å². The second-order valence-electron chi connectivity index (χ2n) is 25.9. The minimum absolute atomic E-state index is 0.0181. The minimum Gasteiger partial charge on any atom is -0.493 e. The van der Waals surface area contributed by atoms with E-state index in [0.29, 0.717) is 116 Å². The summed E-state index contributed by atoms with van der Waals surface area (Å²) in [7, 11) is -7.41. The first-order chi connectivity index (χ1) is 37.7. The van der Waals surface area contributed by atoms with Gasteiger partial charge >= 0.3 is 0 Å². The van der Waals surface area contributed by atoms with E-state index in [-0.39, 0.29) is 47.7 Å². The number of amides is 2. The van der Waals surface area contributed by atoms with Gasteiger partial charge in [-0.05, 0) is 114 Å². The maximum absolute atomic E-state index is 12.6. The van der Waals surface area contributed by atoms with Crippen LogP contribution in [0.3, 0.4) is 0 Å². The summed E-state index contributed by atoms with van der Waals surface area (Å²) in [6.45, 7) is 30.0. The van der Waals surface area contributed by atoms with Crippen LogP contribution < -0.4 is 28.4 Å². The minimum atomic E-state index is -3.70. The number of carbonyl (C=O) groups excluding carboxylic acids is 2. The Balaban J connectivity index is 1.68. The van der Waals surface area contributed by atoms with Gasteiger partial charge in [0.2, 0.25) is 31.9 Å². The number of nitrogens with one attached hydrogen (secondary N) is 2. The standard InChI is InChI=1S/C64H92N2O13S2/c1-61(2,3)51-35-43-31-44-36-52(62(4,5)6)38-46(58(44)77-22-18-16-20-56(68)66-81(14,71)72)33-48-40-54(64(10,11)12)42-50-34-49-41-53(63(7,8)9)39-47(32-45(37-51)57(43)76-21-17-15-19-55(67)65-80(13,69)70)59(49)78-29-27-74-25-23-73-24-26-75-28-30-79-60(48)50/h35-42H,15-34H2,1-14H3,(H,65,67)(H,66,68). The number of hydrogen-bond acceptors (Lipinski definition) is 13. The third kappa shape index (κ3) is 20.0. The van der Waals surface area contributed by atoms with Crippen molar-refractivity contribution in [1.82, 2.24) is 9.44 Å². The maximum atomic E-state index is 12.6. The van der Waals surface area contributed by atoms with Crippen LogP contribution in [0.15, 0.2) is 48.5 Å². The molecule has 6 rings (SSSR count). The smallest absolute Gasteiger partial charge is 0.233 e. The van der Waals surface area contributed by atoms with E-state index in [1.165, 1.54) is 0 Å². The van der Waals surface area contributed by atoms with Gasteiger partial charge in [0.15, 0.2) is 0 Å². The van der Waals surface area contributed by atoms with Crippen molar-refractivity contribution < 1.29 is 59.6 Å². The van der Waals surface area contributed by atoms with E-state index in [0.717, 1.165) is 90.8 Å². The fraction of sp³-hybridized carbons (Fsp3) is 0.594. The molecule has 17 heteroatoms. The van der Waals surface area contributed by atoms with Crippen LogP contribution in [0.5, 0.6) is 23.0 Å². The number of ether oxygens (including phenoxy) is 7. The molecule has 0 unspecified atom stereocenters. The SMILES string of the molecule is CC(C)(C)c1cc2c(OCCCCC(=O)NS(C)(=O)=O)c(c1)Cc1cc(C(C)(C)C)cc3c1OCCOCCOCCOCCOc1c(cc(C(C)(C)C)cc1C3)Cc1cc(C(C)(C)C)cc(c1OCCCCC(=O)NS(C)(=O)=O)C2. The quantitative estimate of drug-likeness (QED) is 0.1000. The monoisotopic (exact) mass is 1160 g/mol. The number of fused-ring (bicyclic) bond motifs is 4. The molecule has 4 aromatic carbocycles. The number of benzene rings is 4. The first-order valence-electron chi connectivity index (χ1n) is 28.7. The van der Waals surface area contributed by atoms with Crippen molar-refractivity contribution in [2.45, 2.75) is 169 Å². The Bertz CT molecular complexity index is 2860. The summed E-state index contributed by atoms with van der Waals surface area (Å²) in [6.07, 6.45) is 5.47. The molecule has 0 fully saturated rings. The first-order valence-corrected chi connectivity index (χ1v) is 32.4. The van der Waals surface area contributed by atoms with Gasteiger partial charge in [-0.25, -0.2) is 16.8 Å². The van der Waals surface area contributed by atoms with Crippen molar-refractivity contribution in [1.29, 1.82) is 0 Å². The van der Waals surface area contributed by atoms with Crippen molar-refractivity contribution >= 4 is 31.9 Å². The molecule has 4 aromatic rings. The van der Waals surface area contributed by atoms with Crippen LogP contribution in [0.2, 0.25) is 0 Å². The maximum Gasteiger partial charge on any atom is 0.233 e. The highest BCUT2D eigenvalue weighted by atomic mass is 32.2. The Labute approximate surface area is 484 Å². The fourth-order valence-corrected chi connectivity index (χ4v) is 11.0. The highest BCUT2D eigenvalue weighted by Gasteiger charge is 2.30. The highest BCUT2D eigenvalue weighted by molar-refractivity contribution is 7.89. The van der Waals surface area contributed by atoms with Crippen molar-refractivity contribution in [2.75, 3.05) is 78.6 Å². The van der Waals surface area contributed by atoms with Crippen molar-refractivity contribution in [3.8, 4) is 23.0 Å². The average molecular weight is 1160 g/mol. The summed E-state index contributed by atoms with van der Waals surface area (Å²) in [5.41, 5.74) is 11.1. The second kappa shape index (κ2) is 27.5. The lowest BCUT2D eigenvalue weighted by atomic mass is 9.79. The van der Waals surface area contributed by atoms with Crippen LogP contribution in [0.4, 0.5) is 0 Å². The molecule has 1 aliphatic heterocycles. The summed E-state index contributed by atoms with van der Waals surface area (Å²) in [5, 5.41) is 0. The third-order valence-electron chi connectivity index (χ3n) is 14.3. The number of carbonyl (C=O) groups is 2. The summed E-state index contributed by atoms with van der Waals surface area (Å²) < 4.78 is 97.9. The molecule has 81 heavy (non-hydrogen) atoms. The summed E-state index contributed by atoms with van der Waals surface area (Å²) in [6, 6.07) is 18.1. The summed E-state index contributed by atoms with van der Waals surface area (Å²) in [4.78, 5) is 25.3. The molecule has 0 aromatic heterocycles. The Hall–Kier alpha value is -5.20. The third-order valence-corrected chi connectivity index (χ3v) is 15.5. The predicted octanol–water partition coefficient (Wildman–Crippen LogP) is 10.6. The van der Waals surface area contributed by atoms with Gasteiger partial charge in [-0.2, -0.15) is 0 Å². The molecule has 0 atom stereocenters. The Kier molecular flexibility index (Phi) is 22.0. The van der Waals surface area contributed by atoms with E-state index >= 15 is 0 Å². The zero-order valence-corrected chi connectivity index (χ0v) is 52.5. The van der Waals surface area contributed by atoms with Gasteiger partial charge in [0, 0.05) is 38.5 Å². The fourth-order valence-electron chi connectivity index (χ4n) is 9.95. The van der Waals surface area contributed by atoms with Gasteiger partial charge in [-0.1, -0.05) is 132 Å². The van der Waals surface area contributed by atoms with Gasteiger partial charge in [-0.15, -0.1) is 0 Å². The molecule has 15 nitrogen and oxygen atoms in total. The molecule has 1 heterocycles. The molecule has 448 valence electrons. The number of hydrogen-bond donors (Lipinski definition) is 2. The van der Waals surface area contributed by atoms with Gasteiger partial charge in [0.05, 0.1) is 65.4 Å². The molecule has 0 radical (unpaired) electrons. The predicted molar refractivity (Wildman–Crippen MR) is 320 cm³/mol. The van der Waals surface area contributed by atoms with E-state index in [2.05, 4.69) is 141 Å². The van der Waals surface area contributed by atoms with E-state index in [1.54, 1.807) is 0 Å². The zero-order valence-electron chi connectivity index (χ0n) is 50.9. The topological polar surface area (TPSA) is 191 Å². The van der Waals surface area contributed by atoms with E-state index < -0.39 is 31.9 Å². The molecular formula is C64H92N2O13S2. The van der Waals surface area contributed by atoms with Crippen molar-refractivity contribution in [3.05, 3.63) is 115 Å². The summed E-state index contributed by atoms with van der Waals surface area (Å²) >= 11 is 0. The molecule has 10 bridgehead atoms. The Morgan fingerprint density at radius 1 is 0.407 bits per heavy atom. The van der Waals surface area contributed by atoms with E-state index in [9.17, 15) is 26.4 Å². The van der Waals surface area contributed by atoms with Gasteiger partial charge < -0.3 is 33.2 Å². The van der Waals surface area contributed by atoms with E-state index in [4.69, 9.17) is 33.2 Å². The van der Waals surface area contributed by atoms with Crippen LogP contribution in [0.1, 0.15) is 188 Å². The number of sulfonamides is 2. The lowest BCUT2D eigenvalue weighted by Gasteiger charge is -2.29. The summed E-state index contributed by atoms with van der Waals surface area (Å²) in [5.74, 6) is 1.81. The average Bonchev–Trinajstić information content (AvgIpc) is 3.32. The van der Waals surface area contributed by atoms with Crippen molar-refractivity contribution in [2.24, 2.45) is 0 Å². The molecule has 1 aliphatic carbocycles. The second-order valence-corrected chi connectivity index (χ2v) is 29.4. The van der Waals surface area contributed by atoms with Gasteiger partial charge in [-0.3, -0.25) is 19.0 Å². The molecule has 2 amide bonds. The van der Waals surface area contributed by atoms with Crippen molar-refractivity contribution in [3.63, 3.8) is 0 Å². The molecule has 0 saturated carbocycles. The lowest BCUT2D eigenvalue weighted by Crippen LogP contribution is -2.29. The van der Waals surface area contributed by atoms with Crippen LogP contribution in [0, 0.1) is 0 Å². The van der Waals surface area contributed by atoms with Gasteiger partial charge in [0.1, 0.15) is 36.2 Å². The highest BCUT2D eigenvalue weighted by Crippen LogP contribution is 2.44.